The van der Waals surface area contributed by atoms with Crippen molar-refractivity contribution in [1.82, 2.24) is 0 Å². The number of carboxylic acids is 1. The Bertz CT molecular complexity index is 189. The third-order valence-corrected chi connectivity index (χ3v) is 2.16. The van der Waals surface area contributed by atoms with Gasteiger partial charge in [-0.25, -0.2) is 9.59 Å². The van der Waals surface area contributed by atoms with Crippen LogP contribution in [0.25, 0.3) is 0 Å². The fourth-order valence-electron chi connectivity index (χ4n) is 1.29. The Hall–Kier alpha value is -1.06. The SMILES string of the molecule is CCCCCCCCCOC(=O)C(=O)O. The minimum absolute atomic E-state index is 0.221. The maximum absolute atomic E-state index is 10.5. The molecule has 0 spiro atoms. The van der Waals surface area contributed by atoms with Crippen molar-refractivity contribution in [3.05, 3.63) is 0 Å². The van der Waals surface area contributed by atoms with E-state index in [9.17, 15) is 9.59 Å². The minimum atomic E-state index is -1.52. The van der Waals surface area contributed by atoms with Gasteiger partial charge in [0.2, 0.25) is 0 Å². The lowest BCUT2D eigenvalue weighted by molar-refractivity contribution is -0.163. The first-order chi connectivity index (χ1) is 7.18. The molecule has 0 radical (unpaired) electrons. The van der Waals surface area contributed by atoms with E-state index in [1.165, 1.54) is 25.7 Å². The smallest absolute Gasteiger partial charge is 0.417 e. The third kappa shape index (κ3) is 9.25. The van der Waals surface area contributed by atoms with E-state index >= 15 is 0 Å². The summed E-state index contributed by atoms with van der Waals surface area (Å²) in [7, 11) is 0. The molecule has 88 valence electrons. The molecule has 0 aromatic heterocycles. The van der Waals surface area contributed by atoms with E-state index in [4.69, 9.17) is 5.11 Å². The van der Waals surface area contributed by atoms with E-state index in [0.29, 0.717) is 0 Å². The number of ether oxygens (including phenoxy) is 1. The monoisotopic (exact) mass is 216 g/mol. The highest BCUT2D eigenvalue weighted by atomic mass is 16.6. The fourth-order valence-corrected chi connectivity index (χ4v) is 1.29. The second-order valence-electron chi connectivity index (χ2n) is 3.56. The van der Waals surface area contributed by atoms with Crippen molar-refractivity contribution in [1.29, 1.82) is 0 Å². The Kier molecular flexibility index (Phi) is 8.82. The lowest BCUT2D eigenvalue weighted by atomic mass is 10.1. The topological polar surface area (TPSA) is 63.6 Å². The van der Waals surface area contributed by atoms with Crippen molar-refractivity contribution >= 4 is 11.9 Å². The molecular weight excluding hydrogens is 196 g/mol. The third-order valence-electron chi connectivity index (χ3n) is 2.16. The predicted molar refractivity (Wildman–Crippen MR) is 56.6 cm³/mol. The summed E-state index contributed by atoms with van der Waals surface area (Å²) in [6, 6.07) is 0. The summed E-state index contributed by atoms with van der Waals surface area (Å²) in [5.41, 5.74) is 0. The molecule has 0 rings (SSSR count). The van der Waals surface area contributed by atoms with E-state index in [1.807, 2.05) is 0 Å². The summed E-state index contributed by atoms with van der Waals surface area (Å²) in [4.78, 5) is 20.6. The van der Waals surface area contributed by atoms with Gasteiger partial charge in [-0.05, 0) is 6.42 Å². The van der Waals surface area contributed by atoms with Gasteiger partial charge in [0.05, 0.1) is 6.61 Å². The van der Waals surface area contributed by atoms with E-state index in [2.05, 4.69) is 11.7 Å². The molecule has 0 aromatic rings. The summed E-state index contributed by atoms with van der Waals surface area (Å²) in [5, 5.41) is 8.21. The molecule has 0 heterocycles. The number of hydrogen-bond acceptors (Lipinski definition) is 3. The highest BCUT2D eigenvalue weighted by Gasteiger charge is 2.11. The maximum Gasteiger partial charge on any atom is 0.417 e. The van der Waals surface area contributed by atoms with E-state index < -0.39 is 11.9 Å². The standard InChI is InChI=1S/C11H20O4/c1-2-3-4-5-6-7-8-9-15-11(14)10(12)13/h2-9H2,1H3,(H,12,13). The Morgan fingerprint density at radius 3 is 2.07 bits per heavy atom. The van der Waals surface area contributed by atoms with Gasteiger partial charge in [0.1, 0.15) is 0 Å². The average Bonchev–Trinajstić information content (AvgIpc) is 2.21. The van der Waals surface area contributed by atoms with Crippen molar-refractivity contribution in [2.24, 2.45) is 0 Å². The van der Waals surface area contributed by atoms with Gasteiger partial charge in [0.25, 0.3) is 0 Å². The number of carbonyl (C=O) groups is 2. The number of carbonyl (C=O) groups excluding carboxylic acids is 1. The highest BCUT2D eigenvalue weighted by Crippen LogP contribution is 2.06. The number of hydrogen-bond donors (Lipinski definition) is 1. The van der Waals surface area contributed by atoms with Crippen molar-refractivity contribution < 1.29 is 19.4 Å². The molecule has 0 saturated carbocycles. The molecule has 0 aliphatic carbocycles. The summed E-state index contributed by atoms with van der Waals surface area (Å²) < 4.78 is 4.49. The minimum Gasteiger partial charge on any atom is -0.473 e. The Labute approximate surface area is 90.6 Å². The first kappa shape index (κ1) is 13.9. The van der Waals surface area contributed by atoms with Gasteiger partial charge in [0, 0.05) is 0 Å². The van der Waals surface area contributed by atoms with Crippen LogP contribution in [0.5, 0.6) is 0 Å². The highest BCUT2D eigenvalue weighted by molar-refractivity contribution is 6.28. The molecule has 0 fully saturated rings. The molecule has 0 unspecified atom stereocenters. The molecule has 15 heavy (non-hydrogen) atoms. The number of carboxylic acid groups (broad SMARTS) is 1. The van der Waals surface area contributed by atoms with Gasteiger partial charge in [-0.2, -0.15) is 0 Å². The number of unbranched alkanes of at least 4 members (excludes halogenated alkanes) is 6. The molecule has 1 N–H and O–H groups in total. The predicted octanol–water partition coefficient (Wildman–Crippen LogP) is 2.36. The zero-order valence-corrected chi connectivity index (χ0v) is 9.33. The number of rotatable bonds is 8. The summed E-state index contributed by atoms with van der Waals surface area (Å²) in [6.45, 7) is 2.39. The molecule has 0 bridgehead atoms. The van der Waals surface area contributed by atoms with Crippen molar-refractivity contribution in [2.45, 2.75) is 51.9 Å². The first-order valence-corrected chi connectivity index (χ1v) is 5.58. The molecule has 0 atom stereocenters. The number of esters is 1. The zero-order chi connectivity index (χ0) is 11.5. The zero-order valence-electron chi connectivity index (χ0n) is 9.33. The van der Waals surface area contributed by atoms with Crippen LogP contribution >= 0.6 is 0 Å². The molecule has 4 heteroatoms. The molecular formula is C11H20O4. The van der Waals surface area contributed by atoms with Crippen LogP contribution in [0, 0.1) is 0 Å². The van der Waals surface area contributed by atoms with Gasteiger partial charge in [-0.1, -0.05) is 45.4 Å². The van der Waals surface area contributed by atoms with Crippen LogP contribution < -0.4 is 0 Å². The van der Waals surface area contributed by atoms with E-state index in [0.717, 1.165) is 19.3 Å². The Morgan fingerprint density at radius 1 is 1.00 bits per heavy atom. The molecule has 0 aliphatic heterocycles. The van der Waals surface area contributed by atoms with Gasteiger partial charge in [-0.15, -0.1) is 0 Å². The normalized spacial score (nSPS) is 9.93. The van der Waals surface area contributed by atoms with Crippen LogP contribution in [-0.2, 0) is 14.3 Å². The fraction of sp³-hybridized carbons (Fsp3) is 0.818. The van der Waals surface area contributed by atoms with Gasteiger partial charge < -0.3 is 9.84 Å². The molecule has 4 nitrogen and oxygen atoms in total. The van der Waals surface area contributed by atoms with Crippen LogP contribution in [0.4, 0.5) is 0 Å². The van der Waals surface area contributed by atoms with E-state index in [-0.39, 0.29) is 6.61 Å². The summed E-state index contributed by atoms with van der Waals surface area (Å²) in [6.07, 6.45) is 7.85. The largest absolute Gasteiger partial charge is 0.473 e. The average molecular weight is 216 g/mol. The van der Waals surface area contributed by atoms with Crippen LogP contribution in [0.1, 0.15) is 51.9 Å². The Balaban J connectivity index is 3.11. The maximum atomic E-state index is 10.5. The number of aliphatic carboxylic acids is 1. The second kappa shape index (κ2) is 9.49. The van der Waals surface area contributed by atoms with Crippen molar-refractivity contribution in [3.8, 4) is 0 Å². The van der Waals surface area contributed by atoms with Crippen LogP contribution in [0.15, 0.2) is 0 Å². The molecule has 0 aromatic carbocycles. The first-order valence-electron chi connectivity index (χ1n) is 5.58. The second-order valence-corrected chi connectivity index (χ2v) is 3.56. The molecule has 0 amide bonds. The molecule has 0 saturated heterocycles. The summed E-state index contributed by atoms with van der Waals surface area (Å²) >= 11 is 0. The van der Waals surface area contributed by atoms with Crippen molar-refractivity contribution in [3.63, 3.8) is 0 Å². The summed E-state index contributed by atoms with van der Waals surface area (Å²) in [5.74, 6) is -2.67. The van der Waals surface area contributed by atoms with Gasteiger partial charge in [0.15, 0.2) is 0 Å². The van der Waals surface area contributed by atoms with Crippen LogP contribution in [-0.4, -0.2) is 23.7 Å². The molecule has 0 aliphatic rings. The van der Waals surface area contributed by atoms with Gasteiger partial charge >= 0.3 is 11.9 Å². The lowest BCUT2D eigenvalue weighted by Gasteiger charge is -2.01. The quantitative estimate of drug-likeness (QED) is 0.384. The Morgan fingerprint density at radius 2 is 1.53 bits per heavy atom. The van der Waals surface area contributed by atoms with Crippen molar-refractivity contribution in [2.75, 3.05) is 6.61 Å². The van der Waals surface area contributed by atoms with Gasteiger partial charge in [-0.3, -0.25) is 0 Å². The van der Waals surface area contributed by atoms with Crippen LogP contribution in [0.3, 0.4) is 0 Å². The van der Waals surface area contributed by atoms with E-state index in [1.54, 1.807) is 0 Å². The lowest BCUT2D eigenvalue weighted by Crippen LogP contribution is -2.16. The van der Waals surface area contributed by atoms with Crippen LogP contribution in [0.2, 0.25) is 0 Å².